The molecule has 0 aliphatic carbocycles. The highest BCUT2D eigenvalue weighted by atomic mass is 19.4. The summed E-state index contributed by atoms with van der Waals surface area (Å²) in [5.41, 5.74) is 1.82. The number of hydrogen-bond donors (Lipinski definition) is 1. The average molecular weight is 416 g/mol. The van der Waals surface area contributed by atoms with Crippen molar-refractivity contribution in [2.24, 2.45) is 0 Å². The Balaban J connectivity index is 1.51. The van der Waals surface area contributed by atoms with Crippen LogP contribution in [0.1, 0.15) is 46.7 Å². The molecule has 2 aliphatic heterocycles. The number of carbonyl (C=O) groups excluding carboxylic acids is 1. The molecule has 1 N–H and O–H groups in total. The van der Waals surface area contributed by atoms with E-state index in [2.05, 4.69) is 10.4 Å². The normalized spacial score (nSPS) is 21.0. The number of halogens is 3. The summed E-state index contributed by atoms with van der Waals surface area (Å²) in [6.45, 7) is 0.503. The minimum Gasteiger partial charge on any atom is -0.467 e. The number of nitrogens with one attached hydrogen (secondary N) is 1. The van der Waals surface area contributed by atoms with Gasteiger partial charge < -0.3 is 14.6 Å². The van der Waals surface area contributed by atoms with Gasteiger partial charge in [-0.15, -0.1) is 0 Å². The number of nitrogens with zero attached hydrogens (tertiary/aromatic N) is 3. The van der Waals surface area contributed by atoms with E-state index in [1.807, 2.05) is 24.3 Å². The van der Waals surface area contributed by atoms with Crippen LogP contribution in [0.3, 0.4) is 0 Å². The van der Waals surface area contributed by atoms with Crippen LogP contribution in [0.5, 0.6) is 0 Å². The van der Waals surface area contributed by atoms with Crippen molar-refractivity contribution in [3.8, 4) is 0 Å². The van der Waals surface area contributed by atoms with Crippen molar-refractivity contribution < 1.29 is 22.4 Å². The number of alkyl halides is 3. The molecule has 3 aromatic rings. The lowest BCUT2D eigenvalue weighted by Gasteiger charge is -2.32. The van der Waals surface area contributed by atoms with Gasteiger partial charge in [-0.3, -0.25) is 4.79 Å². The molecule has 6 nitrogen and oxygen atoms in total. The highest BCUT2D eigenvalue weighted by molar-refractivity contribution is 6.06. The molecule has 156 valence electrons. The third kappa shape index (κ3) is 3.14. The molecule has 1 aromatic carbocycles. The maximum absolute atomic E-state index is 13.8. The molecule has 1 amide bonds. The van der Waals surface area contributed by atoms with Crippen molar-refractivity contribution in [1.29, 1.82) is 0 Å². The molecule has 9 heteroatoms. The summed E-state index contributed by atoms with van der Waals surface area (Å²) in [7, 11) is 0. The van der Waals surface area contributed by atoms with Gasteiger partial charge in [0.25, 0.3) is 5.91 Å². The van der Waals surface area contributed by atoms with E-state index in [0.29, 0.717) is 12.3 Å². The van der Waals surface area contributed by atoms with Gasteiger partial charge >= 0.3 is 6.18 Å². The second-order valence-corrected chi connectivity index (χ2v) is 7.55. The third-order valence-corrected chi connectivity index (χ3v) is 5.65. The second kappa shape index (κ2) is 6.93. The van der Waals surface area contributed by atoms with Crippen molar-refractivity contribution in [1.82, 2.24) is 9.78 Å². The summed E-state index contributed by atoms with van der Waals surface area (Å²) in [4.78, 5) is 14.8. The predicted octanol–water partition coefficient (Wildman–Crippen LogP) is 4.73. The van der Waals surface area contributed by atoms with E-state index in [9.17, 15) is 18.0 Å². The minimum atomic E-state index is -4.51. The maximum atomic E-state index is 13.8. The fraction of sp³-hybridized carbons (Fsp3) is 0.333. The van der Waals surface area contributed by atoms with Crippen LogP contribution in [0.2, 0.25) is 0 Å². The number of anilines is 2. The van der Waals surface area contributed by atoms with Gasteiger partial charge in [0.15, 0.2) is 11.7 Å². The first-order valence-corrected chi connectivity index (χ1v) is 9.78. The molecule has 2 aliphatic rings. The number of fused-ring (bicyclic) bond motifs is 2. The van der Waals surface area contributed by atoms with Crippen LogP contribution < -0.4 is 10.2 Å². The Morgan fingerprint density at radius 3 is 2.80 bits per heavy atom. The molecule has 0 saturated heterocycles. The zero-order chi connectivity index (χ0) is 20.9. The molecule has 0 fully saturated rings. The summed E-state index contributed by atoms with van der Waals surface area (Å²) in [6, 6.07) is 9.73. The number of aryl methyl sites for hydroxylation is 1. The van der Waals surface area contributed by atoms with Gasteiger partial charge in [-0.1, -0.05) is 18.2 Å². The Labute approximate surface area is 170 Å². The second-order valence-electron chi connectivity index (χ2n) is 7.55. The molecule has 0 bridgehead atoms. The van der Waals surface area contributed by atoms with Crippen molar-refractivity contribution in [2.45, 2.75) is 37.5 Å². The Morgan fingerprint density at radius 1 is 1.20 bits per heavy atom. The third-order valence-electron chi connectivity index (χ3n) is 5.65. The molecule has 0 spiro atoms. The number of benzene rings is 1. The largest absolute Gasteiger partial charge is 0.467 e. The zero-order valence-electron chi connectivity index (χ0n) is 15.9. The Kier molecular flexibility index (Phi) is 4.34. The van der Waals surface area contributed by atoms with Crippen LogP contribution in [-0.4, -0.2) is 28.4 Å². The number of amides is 1. The molecule has 0 radical (unpaired) electrons. The molecule has 0 saturated carbocycles. The molecule has 5 rings (SSSR count). The Hall–Kier alpha value is -3.23. The van der Waals surface area contributed by atoms with Crippen molar-refractivity contribution in [2.75, 3.05) is 16.8 Å². The fourth-order valence-corrected chi connectivity index (χ4v) is 4.24. The van der Waals surface area contributed by atoms with Crippen LogP contribution in [0.25, 0.3) is 0 Å². The van der Waals surface area contributed by atoms with Gasteiger partial charge in [0.1, 0.15) is 11.6 Å². The van der Waals surface area contributed by atoms with E-state index in [1.165, 1.54) is 12.3 Å². The van der Waals surface area contributed by atoms with Crippen LogP contribution >= 0.6 is 0 Å². The summed E-state index contributed by atoms with van der Waals surface area (Å²) < 4.78 is 47.5. The highest BCUT2D eigenvalue weighted by Crippen LogP contribution is 2.44. The van der Waals surface area contributed by atoms with E-state index in [-0.39, 0.29) is 17.9 Å². The van der Waals surface area contributed by atoms with Crippen LogP contribution in [0.15, 0.2) is 53.1 Å². The van der Waals surface area contributed by atoms with Gasteiger partial charge in [-0.05, 0) is 36.6 Å². The lowest BCUT2D eigenvalue weighted by Crippen LogP contribution is -2.37. The first-order chi connectivity index (χ1) is 14.4. The first-order valence-electron chi connectivity index (χ1n) is 9.78. The van der Waals surface area contributed by atoms with Gasteiger partial charge in [0.05, 0.1) is 12.3 Å². The SMILES string of the molecule is O=C(c1cc2n(n1)[C@H](C(F)(F)F)C[C@@H](c1ccco1)N2)N1CCCc2ccccc21. The number of furan rings is 1. The van der Waals surface area contributed by atoms with Gasteiger partial charge in [-0.2, -0.15) is 18.3 Å². The molecule has 4 heterocycles. The van der Waals surface area contributed by atoms with Gasteiger partial charge in [0.2, 0.25) is 0 Å². The summed E-state index contributed by atoms with van der Waals surface area (Å²) >= 11 is 0. The van der Waals surface area contributed by atoms with E-state index >= 15 is 0 Å². The first kappa shape index (κ1) is 18.8. The van der Waals surface area contributed by atoms with Crippen molar-refractivity contribution >= 4 is 17.4 Å². The molecular formula is C21H19F3N4O2. The molecule has 2 atom stereocenters. The smallest absolute Gasteiger partial charge is 0.410 e. The average Bonchev–Trinajstić information content (AvgIpc) is 3.41. The Bertz CT molecular complexity index is 1070. The van der Waals surface area contributed by atoms with Crippen LogP contribution in [-0.2, 0) is 6.42 Å². The lowest BCUT2D eigenvalue weighted by molar-refractivity contribution is -0.174. The monoisotopic (exact) mass is 416 g/mol. The van der Waals surface area contributed by atoms with Gasteiger partial charge in [0, 0.05) is 24.7 Å². The summed E-state index contributed by atoms with van der Waals surface area (Å²) in [5.74, 6) is 0.162. The zero-order valence-corrected chi connectivity index (χ0v) is 15.9. The molecular weight excluding hydrogens is 397 g/mol. The van der Waals surface area contributed by atoms with E-state index in [4.69, 9.17) is 4.42 Å². The van der Waals surface area contributed by atoms with Crippen molar-refractivity contribution in [3.63, 3.8) is 0 Å². The fourth-order valence-electron chi connectivity index (χ4n) is 4.24. The topological polar surface area (TPSA) is 63.3 Å². The van der Waals surface area contributed by atoms with E-state index < -0.39 is 24.2 Å². The predicted molar refractivity (Wildman–Crippen MR) is 103 cm³/mol. The van der Waals surface area contributed by atoms with Crippen LogP contribution in [0.4, 0.5) is 24.7 Å². The summed E-state index contributed by atoms with van der Waals surface area (Å²) in [5, 5.41) is 7.11. The van der Waals surface area contributed by atoms with Gasteiger partial charge in [-0.25, -0.2) is 4.68 Å². The molecule has 2 aromatic heterocycles. The molecule has 30 heavy (non-hydrogen) atoms. The van der Waals surface area contributed by atoms with Crippen LogP contribution in [0, 0.1) is 0 Å². The maximum Gasteiger partial charge on any atom is 0.410 e. The number of para-hydroxylation sites is 1. The lowest BCUT2D eigenvalue weighted by atomic mass is 10.0. The summed E-state index contributed by atoms with van der Waals surface area (Å²) in [6.07, 6.45) is -1.70. The number of hydrogen-bond acceptors (Lipinski definition) is 4. The number of aromatic nitrogens is 2. The number of carbonyl (C=O) groups is 1. The minimum absolute atomic E-state index is 0.0106. The standard InChI is InChI=1S/C21H19F3N4O2/c22-21(23,24)18-11-14(17-8-4-10-30-17)25-19-12-15(26-28(18)19)20(29)27-9-3-6-13-5-1-2-7-16(13)27/h1-2,4-5,7-8,10,12,14,18,25H,3,6,9,11H2/t14-,18-/m0/s1. The van der Waals surface area contributed by atoms with E-state index in [0.717, 1.165) is 28.8 Å². The highest BCUT2D eigenvalue weighted by Gasteiger charge is 2.47. The number of rotatable bonds is 2. The molecule has 0 unspecified atom stereocenters. The quantitative estimate of drug-likeness (QED) is 0.656. The van der Waals surface area contributed by atoms with E-state index in [1.54, 1.807) is 17.0 Å². The Morgan fingerprint density at radius 2 is 2.03 bits per heavy atom. The van der Waals surface area contributed by atoms with Crippen molar-refractivity contribution in [3.05, 3.63) is 65.7 Å².